The zero-order valence-corrected chi connectivity index (χ0v) is 11.2. The van der Waals surface area contributed by atoms with Crippen molar-refractivity contribution in [2.45, 2.75) is 33.7 Å². The molecule has 0 radical (unpaired) electrons. The predicted molar refractivity (Wildman–Crippen MR) is 73.5 cm³/mol. The van der Waals surface area contributed by atoms with Crippen LogP contribution in [0.3, 0.4) is 0 Å². The third-order valence-corrected chi connectivity index (χ3v) is 2.95. The predicted octanol–water partition coefficient (Wildman–Crippen LogP) is 3.47. The van der Waals surface area contributed by atoms with Crippen molar-refractivity contribution in [3.63, 3.8) is 0 Å². The molecule has 0 saturated carbocycles. The molecule has 0 spiro atoms. The molecule has 1 N–H and O–H groups in total. The van der Waals surface area contributed by atoms with Gasteiger partial charge in [0.1, 0.15) is 0 Å². The van der Waals surface area contributed by atoms with Crippen LogP contribution in [-0.4, -0.2) is 14.9 Å². The van der Waals surface area contributed by atoms with Crippen LogP contribution >= 0.6 is 0 Å². The summed E-state index contributed by atoms with van der Waals surface area (Å²) in [6.07, 6.45) is 1.09. The molecule has 0 aliphatic rings. The molecule has 0 bridgehead atoms. The highest BCUT2D eigenvalue weighted by Gasteiger charge is 2.07. The second-order valence-corrected chi connectivity index (χ2v) is 5.00. The second-order valence-electron chi connectivity index (χ2n) is 5.00. The first kappa shape index (κ1) is 12.7. The second kappa shape index (κ2) is 5.25. The molecule has 1 heterocycles. The molecule has 18 heavy (non-hydrogen) atoms. The van der Waals surface area contributed by atoms with Crippen molar-refractivity contribution in [2.75, 3.05) is 0 Å². The maximum atomic E-state index is 9.67. The number of hydrogen-bond acceptors (Lipinski definition) is 2. The summed E-state index contributed by atoms with van der Waals surface area (Å²) >= 11 is 0. The van der Waals surface area contributed by atoms with E-state index in [4.69, 9.17) is 0 Å². The third kappa shape index (κ3) is 2.73. The molecular weight excluding hydrogens is 224 g/mol. The lowest BCUT2D eigenvalue weighted by atomic mass is 10.0. The van der Waals surface area contributed by atoms with Crippen LogP contribution in [0.5, 0.6) is 5.88 Å². The SMILES string of the molecule is CCn1nc(-c2ccc(CC(C)C)cc2)cc1O. The number of aromatic hydroxyl groups is 1. The van der Waals surface area contributed by atoms with E-state index in [0.717, 1.165) is 17.7 Å². The highest BCUT2D eigenvalue weighted by molar-refractivity contribution is 5.60. The number of hydrogen-bond donors (Lipinski definition) is 1. The summed E-state index contributed by atoms with van der Waals surface area (Å²) in [5.74, 6) is 0.887. The maximum absolute atomic E-state index is 9.67. The summed E-state index contributed by atoms with van der Waals surface area (Å²) < 4.78 is 1.59. The molecule has 1 aromatic carbocycles. The highest BCUT2D eigenvalue weighted by Crippen LogP contribution is 2.23. The van der Waals surface area contributed by atoms with Crippen molar-refractivity contribution in [1.29, 1.82) is 0 Å². The first-order chi connectivity index (χ1) is 8.60. The van der Waals surface area contributed by atoms with Crippen LogP contribution in [0, 0.1) is 5.92 Å². The van der Waals surface area contributed by atoms with Gasteiger partial charge < -0.3 is 5.11 Å². The first-order valence-corrected chi connectivity index (χ1v) is 6.46. The number of nitrogens with zero attached hydrogens (tertiary/aromatic N) is 2. The molecule has 2 aromatic rings. The standard InChI is InChI=1S/C15H20N2O/c1-4-17-15(18)10-14(16-17)13-7-5-12(6-8-13)9-11(2)3/h5-8,10-11,18H,4,9H2,1-3H3. The summed E-state index contributed by atoms with van der Waals surface area (Å²) in [5.41, 5.74) is 3.21. The van der Waals surface area contributed by atoms with Gasteiger partial charge in [0.2, 0.25) is 5.88 Å². The lowest BCUT2D eigenvalue weighted by Crippen LogP contribution is -1.96. The van der Waals surface area contributed by atoms with Gasteiger partial charge in [-0.15, -0.1) is 0 Å². The molecule has 0 aliphatic heterocycles. The molecule has 3 heteroatoms. The minimum atomic E-state index is 0.221. The van der Waals surface area contributed by atoms with Crippen LogP contribution in [0.4, 0.5) is 0 Å². The Hall–Kier alpha value is -1.77. The van der Waals surface area contributed by atoms with Gasteiger partial charge >= 0.3 is 0 Å². The van der Waals surface area contributed by atoms with E-state index >= 15 is 0 Å². The number of aryl methyl sites for hydroxylation is 1. The van der Waals surface area contributed by atoms with Gasteiger partial charge in [-0.2, -0.15) is 5.10 Å². The summed E-state index contributed by atoms with van der Waals surface area (Å²) in [6, 6.07) is 10.1. The van der Waals surface area contributed by atoms with Crippen molar-refractivity contribution >= 4 is 0 Å². The van der Waals surface area contributed by atoms with Gasteiger partial charge in [-0.05, 0) is 24.8 Å². The van der Waals surface area contributed by atoms with E-state index < -0.39 is 0 Å². The third-order valence-electron chi connectivity index (χ3n) is 2.95. The van der Waals surface area contributed by atoms with Gasteiger partial charge in [-0.25, -0.2) is 4.68 Å². The highest BCUT2D eigenvalue weighted by atomic mass is 16.3. The first-order valence-electron chi connectivity index (χ1n) is 6.46. The monoisotopic (exact) mass is 244 g/mol. The van der Waals surface area contributed by atoms with Crippen molar-refractivity contribution < 1.29 is 5.11 Å². The molecule has 96 valence electrons. The van der Waals surface area contributed by atoms with Gasteiger partial charge in [0.15, 0.2) is 0 Å². The van der Waals surface area contributed by atoms with E-state index in [1.54, 1.807) is 10.7 Å². The number of rotatable bonds is 4. The van der Waals surface area contributed by atoms with Gasteiger partial charge in [0.05, 0.1) is 5.69 Å². The van der Waals surface area contributed by atoms with Gasteiger partial charge in [0.25, 0.3) is 0 Å². The lowest BCUT2D eigenvalue weighted by molar-refractivity contribution is 0.405. The Bertz CT molecular complexity index is 512. The van der Waals surface area contributed by atoms with Crippen molar-refractivity contribution in [3.8, 4) is 17.1 Å². The fourth-order valence-electron chi connectivity index (χ4n) is 2.06. The summed E-state index contributed by atoms with van der Waals surface area (Å²) in [5, 5.41) is 14.0. The molecule has 0 amide bonds. The minimum absolute atomic E-state index is 0.221. The molecule has 0 unspecified atom stereocenters. The number of benzene rings is 1. The Morgan fingerprint density at radius 3 is 2.39 bits per heavy atom. The molecule has 1 aromatic heterocycles. The van der Waals surface area contributed by atoms with E-state index in [9.17, 15) is 5.11 Å². The van der Waals surface area contributed by atoms with Crippen LogP contribution in [0.25, 0.3) is 11.3 Å². The van der Waals surface area contributed by atoms with Gasteiger partial charge in [-0.3, -0.25) is 0 Å². The van der Waals surface area contributed by atoms with Crippen molar-refractivity contribution in [1.82, 2.24) is 9.78 Å². The van der Waals surface area contributed by atoms with E-state index in [0.29, 0.717) is 12.5 Å². The molecule has 2 rings (SSSR count). The Labute approximate surface area is 108 Å². The van der Waals surface area contributed by atoms with Crippen molar-refractivity contribution in [3.05, 3.63) is 35.9 Å². The lowest BCUT2D eigenvalue weighted by Gasteiger charge is -2.05. The average molecular weight is 244 g/mol. The Kier molecular flexibility index (Phi) is 3.70. The van der Waals surface area contributed by atoms with Crippen LogP contribution in [0.1, 0.15) is 26.3 Å². The van der Waals surface area contributed by atoms with Gasteiger partial charge in [0, 0.05) is 18.2 Å². The quantitative estimate of drug-likeness (QED) is 0.894. The Morgan fingerprint density at radius 2 is 1.89 bits per heavy atom. The van der Waals surface area contributed by atoms with Crippen molar-refractivity contribution in [2.24, 2.45) is 5.92 Å². The Morgan fingerprint density at radius 1 is 1.22 bits per heavy atom. The topological polar surface area (TPSA) is 38.0 Å². The van der Waals surface area contributed by atoms with Crippen LogP contribution in [0.15, 0.2) is 30.3 Å². The average Bonchev–Trinajstić information content (AvgIpc) is 2.71. The molecule has 0 fully saturated rings. The normalized spacial score (nSPS) is 11.1. The fourth-order valence-corrected chi connectivity index (χ4v) is 2.06. The minimum Gasteiger partial charge on any atom is -0.493 e. The fraction of sp³-hybridized carbons (Fsp3) is 0.400. The molecule has 0 saturated heterocycles. The van der Waals surface area contributed by atoms with E-state index in [2.05, 4.69) is 43.2 Å². The van der Waals surface area contributed by atoms with Crippen LogP contribution in [-0.2, 0) is 13.0 Å². The van der Waals surface area contributed by atoms with Crippen LogP contribution in [0.2, 0.25) is 0 Å². The molecule has 3 nitrogen and oxygen atoms in total. The molecule has 0 aliphatic carbocycles. The summed E-state index contributed by atoms with van der Waals surface area (Å²) in [4.78, 5) is 0. The summed E-state index contributed by atoms with van der Waals surface area (Å²) in [7, 11) is 0. The van der Waals surface area contributed by atoms with Crippen LogP contribution < -0.4 is 0 Å². The maximum Gasteiger partial charge on any atom is 0.209 e. The Balaban J connectivity index is 2.22. The number of aromatic nitrogens is 2. The smallest absolute Gasteiger partial charge is 0.209 e. The zero-order valence-electron chi connectivity index (χ0n) is 11.2. The molecule has 0 atom stereocenters. The van der Waals surface area contributed by atoms with E-state index in [1.165, 1.54) is 5.56 Å². The van der Waals surface area contributed by atoms with E-state index in [1.807, 2.05) is 6.92 Å². The van der Waals surface area contributed by atoms with E-state index in [-0.39, 0.29) is 5.88 Å². The summed E-state index contributed by atoms with van der Waals surface area (Å²) in [6.45, 7) is 7.07. The molecular formula is C15H20N2O. The largest absolute Gasteiger partial charge is 0.493 e. The van der Waals surface area contributed by atoms with Gasteiger partial charge in [-0.1, -0.05) is 38.1 Å². The zero-order chi connectivity index (χ0) is 13.1.